The zero-order chi connectivity index (χ0) is 15.4. The van der Waals surface area contributed by atoms with E-state index in [0.717, 1.165) is 19.3 Å². The van der Waals surface area contributed by atoms with Gasteiger partial charge in [-0.3, -0.25) is 4.79 Å². The Hall–Kier alpha value is -1.95. The lowest BCUT2D eigenvalue weighted by atomic mass is 10.1. The number of ether oxygens (including phenoxy) is 1. The predicted molar refractivity (Wildman–Crippen MR) is 76.4 cm³/mol. The van der Waals surface area contributed by atoms with Crippen LogP contribution in [0.25, 0.3) is 0 Å². The average Bonchev–Trinajstić information content (AvgIpc) is 2.91. The van der Waals surface area contributed by atoms with Crippen LogP contribution < -0.4 is 5.32 Å². The number of carboxylic acid groups (broad SMARTS) is 1. The Bertz CT molecular complexity index is 544. The van der Waals surface area contributed by atoms with Gasteiger partial charge in [-0.2, -0.15) is 0 Å². The molecule has 0 aliphatic heterocycles. The minimum atomic E-state index is -1.04. The molecule has 1 aliphatic rings. The van der Waals surface area contributed by atoms with E-state index in [2.05, 4.69) is 10.3 Å². The van der Waals surface area contributed by atoms with Crippen molar-refractivity contribution in [3.8, 4) is 0 Å². The minimum absolute atomic E-state index is 0.113. The number of hydrogen-bond donors (Lipinski definition) is 2. The Balaban J connectivity index is 1.97. The number of carbonyl (C=O) groups excluding carboxylic acids is 1. The molecular weight excluding hydrogens is 272 g/mol. The summed E-state index contributed by atoms with van der Waals surface area (Å²) in [5.74, 6) is -0.990. The quantitative estimate of drug-likeness (QED) is 0.861. The summed E-state index contributed by atoms with van der Waals surface area (Å²) in [6, 6.07) is 2.85. The van der Waals surface area contributed by atoms with Crippen LogP contribution in [-0.2, 0) is 4.74 Å². The van der Waals surface area contributed by atoms with Gasteiger partial charge >= 0.3 is 5.97 Å². The van der Waals surface area contributed by atoms with Crippen molar-refractivity contribution in [1.82, 2.24) is 10.3 Å². The van der Waals surface area contributed by atoms with Crippen molar-refractivity contribution >= 4 is 11.9 Å². The molecule has 2 rings (SSSR count). The molecule has 1 aromatic rings. The lowest BCUT2D eigenvalue weighted by Gasteiger charge is -2.18. The fourth-order valence-electron chi connectivity index (χ4n) is 2.77. The van der Waals surface area contributed by atoms with E-state index in [-0.39, 0.29) is 23.3 Å². The third kappa shape index (κ3) is 3.58. The van der Waals surface area contributed by atoms with Gasteiger partial charge in [-0.1, -0.05) is 6.42 Å². The van der Waals surface area contributed by atoms with Crippen LogP contribution in [0, 0.1) is 12.8 Å². The van der Waals surface area contributed by atoms with Crippen molar-refractivity contribution in [1.29, 1.82) is 0 Å². The Morgan fingerprint density at radius 1 is 1.43 bits per heavy atom. The van der Waals surface area contributed by atoms with Gasteiger partial charge in [0.05, 0.1) is 17.4 Å². The molecular formula is C15H20N2O4. The first-order valence-corrected chi connectivity index (χ1v) is 7.05. The first-order valence-electron chi connectivity index (χ1n) is 7.05. The summed E-state index contributed by atoms with van der Waals surface area (Å²) in [6.07, 6.45) is 3.39. The number of hydrogen-bond acceptors (Lipinski definition) is 4. The number of pyridine rings is 1. The minimum Gasteiger partial charge on any atom is -0.478 e. The molecule has 114 valence electrons. The summed E-state index contributed by atoms with van der Waals surface area (Å²) in [5.41, 5.74) is 0.692. The number of aromatic carboxylic acids is 1. The molecule has 2 unspecified atom stereocenters. The number of rotatable bonds is 5. The van der Waals surface area contributed by atoms with Crippen LogP contribution in [0.4, 0.5) is 0 Å². The monoisotopic (exact) mass is 292 g/mol. The number of nitrogens with zero attached hydrogens (tertiary/aromatic N) is 1. The molecule has 0 aromatic carbocycles. The van der Waals surface area contributed by atoms with E-state index in [1.54, 1.807) is 14.0 Å². The fraction of sp³-hybridized carbons (Fsp3) is 0.533. The predicted octanol–water partition coefficient (Wildman–Crippen LogP) is 1.63. The van der Waals surface area contributed by atoms with E-state index in [0.29, 0.717) is 18.2 Å². The summed E-state index contributed by atoms with van der Waals surface area (Å²) >= 11 is 0. The lowest BCUT2D eigenvalue weighted by molar-refractivity contribution is 0.0678. The fourth-order valence-corrected chi connectivity index (χ4v) is 2.77. The van der Waals surface area contributed by atoms with Crippen LogP contribution in [0.1, 0.15) is 45.8 Å². The van der Waals surface area contributed by atoms with Gasteiger partial charge in [0.15, 0.2) is 0 Å². The lowest BCUT2D eigenvalue weighted by Crippen LogP contribution is -2.33. The highest BCUT2D eigenvalue weighted by Gasteiger charge is 2.27. The van der Waals surface area contributed by atoms with E-state index >= 15 is 0 Å². The molecule has 1 amide bonds. The third-order valence-electron chi connectivity index (χ3n) is 3.97. The van der Waals surface area contributed by atoms with Gasteiger partial charge < -0.3 is 15.2 Å². The van der Waals surface area contributed by atoms with Gasteiger partial charge in [0.1, 0.15) is 5.69 Å². The highest BCUT2D eigenvalue weighted by Crippen LogP contribution is 2.27. The van der Waals surface area contributed by atoms with Crippen LogP contribution in [-0.4, -0.2) is 41.7 Å². The third-order valence-corrected chi connectivity index (χ3v) is 3.97. The number of amides is 1. The summed E-state index contributed by atoms with van der Waals surface area (Å²) in [6.45, 7) is 2.14. The molecule has 0 bridgehead atoms. The molecule has 1 aromatic heterocycles. The second-order valence-electron chi connectivity index (χ2n) is 5.31. The molecule has 0 radical (unpaired) electrons. The molecule has 1 fully saturated rings. The van der Waals surface area contributed by atoms with E-state index < -0.39 is 5.97 Å². The van der Waals surface area contributed by atoms with E-state index in [1.807, 2.05) is 0 Å². The Morgan fingerprint density at radius 3 is 2.81 bits per heavy atom. The summed E-state index contributed by atoms with van der Waals surface area (Å²) in [7, 11) is 1.69. The topological polar surface area (TPSA) is 88.5 Å². The first kappa shape index (κ1) is 15.4. The SMILES string of the molecule is COC1CCCC1CNC(=O)c1ccc(C(=O)O)c(C)n1. The molecule has 6 heteroatoms. The average molecular weight is 292 g/mol. The molecule has 1 aliphatic carbocycles. The first-order chi connectivity index (χ1) is 10.0. The van der Waals surface area contributed by atoms with E-state index in [9.17, 15) is 9.59 Å². The zero-order valence-electron chi connectivity index (χ0n) is 12.3. The van der Waals surface area contributed by atoms with Gasteiger partial charge in [-0.05, 0) is 31.9 Å². The number of aromatic nitrogens is 1. The highest BCUT2D eigenvalue weighted by atomic mass is 16.5. The van der Waals surface area contributed by atoms with Gasteiger partial charge in [-0.15, -0.1) is 0 Å². The maximum Gasteiger partial charge on any atom is 0.337 e. The standard InChI is InChI=1S/C15H20N2O4/c1-9-11(15(19)20)6-7-12(17-9)14(18)16-8-10-4-3-5-13(10)21-2/h6-7,10,13H,3-5,8H2,1-2H3,(H,16,18)(H,19,20). The number of methoxy groups -OCH3 is 1. The Morgan fingerprint density at radius 2 is 2.19 bits per heavy atom. The van der Waals surface area contributed by atoms with Crippen LogP contribution in [0.2, 0.25) is 0 Å². The Labute approximate surface area is 123 Å². The van der Waals surface area contributed by atoms with E-state index in [4.69, 9.17) is 9.84 Å². The van der Waals surface area contributed by atoms with Crippen molar-refractivity contribution in [2.24, 2.45) is 5.92 Å². The number of carboxylic acids is 1. The maximum absolute atomic E-state index is 12.1. The van der Waals surface area contributed by atoms with E-state index in [1.165, 1.54) is 12.1 Å². The summed E-state index contributed by atoms with van der Waals surface area (Å²) < 4.78 is 5.39. The van der Waals surface area contributed by atoms with Gasteiger partial charge in [0.2, 0.25) is 0 Å². The van der Waals surface area contributed by atoms with Crippen molar-refractivity contribution in [3.63, 3.8) is 0 Å². The maximum atomic E-state index is 12.1. The molecule has 1 heterocycles. The van der Waals surface area contributed by atoms with Gasteiger partial charge in [0, 0.05) is 19.6 Å². The molecule has 0 spiro atoms. The van der Waals surface area contributed by atoms with Crippen LogP contribution in [0.15, 0.2) is 12.1 Å². The molecule has 0 saturated heterocycles. The van der Waals surface area contributed by atoms with Gasteiger partial charge in [-0.25, -0.2) is 9.78 Å². The normalized spacial score (nSPS) is 21.2. The highest BCUT2D eigenvalue weighted by molar-refractivity contribution is 5.94. The van der Waals surface area contributed by atoms with Crippen molar-refractivity contribution in [2.45, 2.75) is 32.3 Å². The van der Waals surface area contributed by atoms with Crippen molar-refractivity contribution in [2.75, 3.05) is 13.7 Å². The van der Waals surface area contributed by atoms with Crippen LogP contribution >= 0.6 is 0 Å². The summed E-state index contributed by atoms with van der Waals surface area (Å²) in [5, 5.41) is 11.8. The van der Waals surface area contributed by atoms with Crippen molar-refractivity contribution < 1.29 is 19.4 Å². The van der Waals surface area contributed by atoms with Crippen LogP contribution in [0.3, 0.4) is 0 Å². The second kappa shape index (κ2) is 6.67. The van der Waals surface area contributed by atoms with Gasteiger partial charge in [0.25, 0.3) is 5.91 Å². The number of aryl methyl sites for hydroxylation is 1. The smallest absolute Gasteiger partial charge is 0.337 e. The Kier molecular flexibility index (Phi) is 4.90. The molecule has 21 heavy (non-hydrogen) atoms. The zero-order valence-corrected chi connectivity index (χ0v) is 12.3. The molecule has 6 nitrogen and oxygen atoms in total. The molecule has 2 atom stereocenters. The van der Waals surface area contributed by atoms with Crippen LogP contribution in [0.5, 0.6) is 0 Å². The summed E-state index contributed by atoms with van der Waals surface area (Å²) in [4.78, 5) is 27.0. The van der Waals surface area contributed by atoms with Crippen molar-refractivity contribution in [3.05, 3.63) is 29.1 Å². The number of carbonyl (C=O) groups is 2. The number of nitrogens with one attached hydrogen (secondary N) is 1. The largest absolute Gasteiger partial charge is 0.478 e. The molecule has 2 N–H and O–H groups in total. The molecule has 1 saturated carbocycles. The second-order valence-corrected chi connectivity index (χ2v) is 5.31.